The summed E-state index contributed by atoms with van der Waals surface area (Å²) >= 11 is 12.7. The Bertz CT molecular complexity index is 641. The molecule has 2 aromatic rings. The number of para-hydroxylation sites is 1. The maximum atomic E-state index is 12.0. The van der Waals surface area contributed by atoms with Gasteiger partial charge in [0.25, 0.3) is 0 Å². The summed E-state index contributed by atoms with van der Waals surface area (Å²) < 4.78 is 1.36. The zero-order chi connectivity index (χ0) is 14.7. The maximum absolute atomic E-state index is 12.0. The predicted molar refractivity (Wildman–Crippen MR) is 90.3 cm³/mol. The van der Waals surface area contributed by atoms with E-state index in [2.05, 4.69) is 42.5 Å². The number of rotatable bonds is 2. The zero-order valence-electron chi connectivity index (χ0n) is 10.1. The minimum Gasteiger partial charge on any atom is -0.399 e. The third-order valence-corrected chi connectivity index (χ3v) is 4.01. The van der Waals surface area contributed by atoms with Crippen LogP contribution in [0.3, 0.4) is 0 Å². The summed E-state index contributed by atoms with van der Waals surface area (Å²) in [4.78, 5) is 12.0. The molecule has 0 saturated heterocycles. The number of urea groups is 1. The molecule has 2 aromatic carbocycles. The number of halogens is 3. The lowest BCUT2D eigenvalue weighted by atomic mass is 10.3. The molecule has 0 aliphatic heterocycles. The van der Waals surface area contributed by atoms with E-state index in [1.807, 2.05) is 0 Å². The first-order chi connectivity index (χ1) is 9.47. The molecule has 0 heterocycles. The molecular weight excluding hydrogens is 409 g/mol. The van der Waals surface area contributed by atoms with Gasteiger partial charge in [-0.05, 0) is 56.1 Å². The predicted octanol–water partition coefficient (Wildman–Crippen LogP) is 5.09. The Kier molecular flexibility index (Phi) is 4.91. The highest BCUT2D eigenvalue weighted by Crippen LogP contribution is 2.33. The summed E-state index contributed by atoms with van der Waals surface area (Å²) in [6.07, 6.45) is 0. The van der Waals surface area contributed by atoms with Gasteiger partial charge in [-0.25, -0.2) is 4.79 Å². The van der Waals surface area contributed by atoms with E-state index in [0.29, 0.717) is 31.0 Å². The highest BCUT2D eigenvalue weighted by atomic mass is 79.9. The van der Waals surface area contributed by atoms with Crippen LogP contribution in [-0.4, -0.2) is 6.03 Å². The molecule has 0 atom stereocenters. The molecule has 0 unspecified atom stereocenters. The molecule has 104 valence electrons. The number of nitrogens with one attached hydrogen (secondary N) is 2. The number of anilines is 3. The van der Waals surface area contributed by atoms with E-state index < -0.39 is 6.03 Å². The van der Waals surface area contributed by atoms with Crippen LogP contribution in [0.15, 0.2) is 45.3 Å². The van der Waals surface area contributed by atoms with Crippen LogP contribution in [0.5, 0.6) is 0 Å². The van der Waals surface area contributed by atoms with Crippen molar-refractivity contribution in [2.24, 2.45) is 0 Å². The van der Waals surface area contributed by atoms with Crippen LogP contribution in [-0.2, 0) is 0 Å². The summed E-state index contributed by atoms with van der Waals surface area (Å²) in [6, 6.07) is 10.0. The van der Waals surface area contributed by atoms with Crippen molar-refractivity contribution < 1.29 is 4.79 Å². The first kappa shape index (κ1) is 15.2. The first-order valence-corrected chi connectivity index (χ1v) is 7.51. The monoisotopic (exact) mass is 417 g/mol. The van der Waals surface area contributed by atoms with E-state index in [4.69, 9.17) is 17.3 Å². The van der Waals surface area contributed by atoms with E-state index in [1.165, 1.54) is 0 Å². The lowest BCUT2D eigenvalue weighted by Crippen LogP contribution is -2.20. The molecular formula is C13H10Br2ClN3O. The van der Waals surface area contributed by atoms with Gasteiger partial charge in [0.2, 0.25) is 0 Å². The van der Waals surface area contributed by atoms with Gasteiger partial charge >= 0.3 is 6.03 Å². The van der Waals surface area contributed by atoms with Crippen LogP contribution in [0.4, 0.5) is 21.9 Å². The lowest BCUT2D eigenvalue weighted by molar-refractivity contribution is 0.262. The molecule has 0 aliphatic rings. The molecule has 2 amide bonds. The number of hydrogen-bond acceptors (Lipinski definition) is 2. The van der Waals surface area contributed by atoms with Gasteiger partial charge in [-0.2, -0.15) is 0 Å². The second-order valence-corrected chi connectivity index (χ2v) is 6.03. The highest BCUT2D eigenvalue weighted by molar-refractivity contribution is 9.11. The third-order valence-electron chi connectivity index (χ3n) is 2.43. The van der Waals surface area contributed by atoms with Crippen molar-refractivity contribution in [3.8, 4) is 0 Å². The molecule has 4 nitrogen and oxygen atoms in total. The average molecular weight is 420 g/mol. The van der Waals surface area contributed by atoms with Crippen molar-refractivity contribution in [1.29, 1.82) is 0 Å². The van der Waals surface area contributed by atoms with Gasteiger partial charge in [0.05, 0.1) is 16.4 Å². The number of nitrogens with two attached hydrogens (primary N) is 1. The molecule has 0 bridgehead atoms. The van der Waals surface area contributed by atoms with Crippen LogP contribution in [0, 0.1) is 0 Å². The van der Waals surface area contributed by atoms with Crippen LogP contribution in [0.25, 0.3) is 0 Å². The fourth-order valence-corrected chi connectivity index (χ4v) is 3.14. The van der Waals surface area contributed by atoms with Crippen LogP contribution in [0.2, 0.25) is 5.02 Å². The van der Waals surface area contributed by atoms with E-state index >= 15 is 0 Å². The normalized spacial score (nSPS) is 10.2. The van der Waals surface area contributed by atoms with Crippen molar-refractivity contribution in [1.82, 2.24) is 0 Å². The third kappa shape index (κ3) is 3.65. The fraction of sp³-hybridized carbons (Fsp3) is 0. The van der Waals surface area contributed by atoms with Crippen molar-refractivity contribution >= 4 is 66.6 Å². The molecule has 0 aromatic heterocycles. The van der Waals surface area contributed by atoms with E-state index in [9.17, 15) is 4.79 Å². The number of amides is 2. The van der Waals surface area contributed by atoms with Gasteiger partial charge in [0.15, 0.2) is 0 Å². The summed E-state index contributed by atoms with van der Waals surface area (Å²) in [7, 11) is 0. The second-order valence-electron chi connectivity index (χ2n) is 3.92. The van der Waals surface area contributed by atoms with Gasteiger partial charge in [0.1, 0.15) is 0 Å². The highest BCUT2D eigenvalue weighted by Gasteiger charge is 2.11. The largest absolute Gasteiger partial charge is 0.399 e. The molecule has 0 radical (unpaired) electrons. The first-order valence-electron chi connectivity index (χ1n) is 5.54. The Labute approximate surface area is 137 Å². The van der Waals surface area contributed by atoms with E-state index in [-0.39, 0.29) is 0 Å². The Morgan fingerprint density at radius 3 is 2.30 bits per heavy atom. The zero-order valence-corrected chi connectivity index (χ0v) is 14.0. The Balaban J connectivity index is 2.15. The van der Waals surface area contributed by atoms with Crippen LogP contribution in [0.1, 0.15) is 0 Å². The fourth-order valence-electron chi connectivity index (χ4n) is 1.54. The molecule has 20 heavy (non-hydrogen) atoms. The van der Waals surface area contributed by atoms with Crippen LogP contribution >= 0.6 is 43.5 Å². The molecule has 4 N–H and O–H groups in total. The summed E-state index contributed by atoms with van der Waals surface area (Å²) in [6.45, 7) is 0. The molecule has 2 rings (SSSR count). The number of benzene rings is 2. The van der Waals surface area contributed by atoms with Gasteiger partial charge in [-0.1, -0.05) is 23.7 Å². The Morgan fingerprint density at radius 2 is 1.70 bits per heavy atom. The number of hydrogen-bond donors (Lipinski definition) is 3. The molecule has 0 aliphatic carbocycles. The Hall–Kier alpha value is -1.24. The van der Waals surface area contributed by atoms with Gasteiger partial charge in [0, 0.05) is 14.6 Å². The number of carbonyl (C=O) groups excluding carboxylic acids is 1. The Morgan fingerprint density at radius 1 is 1.10 bits per heavy atom. The van der Waals surface area contributed by atoms with Gasteiger partial charge < -0.3 is 16.4 Å². The van der Waals surface area contributed by atoms with Crippen molar-refractivity contribution in [2.45, 2.75) is 0 Å². The average Bonchev–Trinajstić information content (AvgIpc) is 2.36. The standard InChI is InChI=1S/C13H10Br2ClN3O/c14-8-5-7(17)6-9(15)12(8)19-13(20)18-11-4-2-1-3-10(11)16/h1-6H,17H2,(H2,18,19,20). The van der Waals surface area contributed by atoms with Gasteiger partial charge in [-0.15, -0.1) is 0 Å². The molecule has 0 saturated carbocycles. The maximum Gasteiger partial charge on any atom is 0.323 e. The van der Waals surface area contributed by atoms with Crippen molar-refractivity contribution in [3.05, 3.63) is 50.4 Å². The molecule has 7 heteroatoms. The molecule has 0 spiro atoms. The smallest absolute Gasteiger partial charge is 0.323 e. The summed E-state index contributed by atoms with van der Waals surface area (Å²) in [5.41, 5.74) is 7.40. The number of nitrogen functional groups attached to an aromatic ring is 1. The second kappa shape index (κ2) is 6.47. The molecule has 0 fully saturated rings. The van der Waals surface area contributed by atoms with Crippen molar-refractivity contribution in [2.75, 3.05) is 16.4 Å². The SMILES string of the molecule is Nc1cc(Br)c(NC(=O)Nc2ccccc2Cl)c(Br)c1. The van der Waals surface area contributed by atoms with E-state index in [0.717, 1.165) is 0 Å². The summed E-state index contributed by atoms with van der Waals surface area (Å²) in [5, 5.41) is 5.87. The van der Waals surface area contributed by atoms with Gasteiger partial charge in [-0.3, -0.25) is 0 Å². The van der Waals surface area contributed by atoms with Crippen LogP contribution < -0.4 is 16.4 Å². The van der Waals surface area contributed by atoms with Crippen molar-refractivity contribution in [3.63, 3.8) is 0 Å². The minimum atomic E-state index is -0.399. The van der Waals surface area contributed by atoms with E-state index in [1.54, 1.807) is 36.4 Å². The minimum absolute atomic E-state index is 0.399. The lowest BCUT2D eigenvalue weighted by Gasteiger charge is -2.12. The topological polar surface area (TPSA) is 67.1 Å². The quantitative estimate of drug-likeness (QED) is 0.594. The number of carbonyl (C=O) groups is 1. The summed E-state index contributed by atoms with van der Waals surface area (Å²) in [5.74, 6) is 0.